The van der Waals surface area contributed by atoms with Gasteiger partial charge in [-0.15, -0.1) is 0 Å². The fourth-order valence-corrected chi connectivity index (χ4v) is 3.01. The fraction of sp³-hybridized carbons (Fsp3) is 0.0556. The normalized spacial score (nSPS) is 15.2. The molecule has 0 radical (unpaired) electrons. The third-order valence-electron chi connectivity index (χ3n) is 3.47. The van der Waals surface area contributed by atoms with Gasteiger partial charge in [-0.05, 0) is 58.5 Å². The number of carbonyl (C=O) groups excluding carboxylic acids is 2. The van der Waals surface area contributed by atoms with Crippen molar-refractivity contribution >= 4 is 46.2 Å². The van der Waals surface area contributed by atoms with Gasteiger partial charge >= 0.3 is 0 Å². The SMILES string of the molecule is N#CCOc1ccc(C=C2C(=O)NN(c3ccccc3)C2=O)cc1I. The van der Waals surface area contributed by atoms with Gasteiger partial charge in [0, 0.05) is 0 Å². The maximum Gasteiger partial charge on any atom is 0.282 e. The first-order valence-electron chi connectivity index (χ1n) is 7.31. The number of amides is 2. The molecular formula is C18H12IN3O3. The summed E-state index contributed by atoms with van der Waals surface area (Å²) >= 11 is 2.08. The molecule has 1 N–H and O–H groups in total. The summed E-state index contributed by atoms with van der Waals surface area (Å²) in [6.45, 7) is -0.0383. The average Bonchev–Trinajstić information content (AvgIpc) is 2.90. The minimum Gasteiger partial charge on any atom is -0.478 e. The van der Waals surface area contributed by atoms with Crippen LogP contribution < -0.4 is 15.2 Å². The maximum absolute atomic E-state index is 12.5. The summed E-state index contributed by atoms with van der Waals surface area (Å²) in [5.41, 5.74) is 3.91. The van der Waals surface area contributed by atoms with E-state index in [9.17, 15) is 9.59 Å². The second kappa shape index (κ2) is 7.36. The molecule has 0 aliphatic carbocycles. The van der Waals surface area contributed by atoms with Gasteiger partial charge in [-0.3, -0.25) is 15.0 Å². The molecule has 1 aliphatic heterocycles. The number of hydrogen-bond acceptors (Lipinski definition) is 4. The van der Waals surface area contributed by atoms with Crippen LogP contribution in [0.4, 0.5) is 5.69 Å². The molecule has 2 aromatic rings. The molecule has 0 atom stereocenters. The quantitative estimate of drug-likeness (QED) is 0.446. The molecule has 1 aliphatic rings. The number of para-hydroxylation sites is 1. The van der Waals surface area contributed by atoms with Crippen LogP contribution >= 0.6 is 22.6 Å². The zero-order valence-corrected chi connectivity index (χ0v) is 15.1. The Hall–Kier alpha value is -2.86. The van der Waals surface area contributed by atoms with E-state index in [0.717, 1.165) is 3.57 Å². The van der Waals surface area contributed by atoms with E-state index in [-0.39, 0.29) is 12.2 Å². The van der Waals surface area contributed by atoms with Crippen LogP contribution in [0, 0.1) is 14.9 Å². The molecule has 0 aromatic heterocycles. The van der Waals surface area contributed by atoms with E-state index in [1.165, 1.54) is 11.1 Å². The van der Waals surface area contributed by atoms with Gasteiger partial charge in [-0.25, -0.2) is 5.01 Å². The number of ether oxygens (including phenoxy) is 1. The molecule has 0 spiro atoms. The Morgan fingerprint density at radius 2 is 1.96 bits per heavy atom. The second-order valence-electron chi connectivity index (χ2n) is 5.11. The van der Waals surface area contributed by atoms with Crippen molar-refractivity contribution in [3.8, 4) is 11.8 Å². The average molecular weight is 445 g/mol. The number of anilines is 1. The highest BCUT2D eigenvalue weighted by molar-refractivity contribution is 14.1. The van der Waals surface area contributed by atoms with Crippen molar-refractivity contribution in [3.05, 3.63) is 63.2 Å². The van der Waals surface area contributed by atoms with Crippen LogP contribution in [0.2, 0.25) is 0 Å². The third-order valence-corrected chi connectivity index (χ3v) is 4.31. The lowest BCUT2D eigenvalue weighted by atomic mass is 10.1. The van der Waals surface area contributed by atoms with Gasteiger partial charge < -0.3 is 4.74 Å². The van der Waals surface area contributed by atoms with Crippen molar-refractivity contribution in [3.63, 3.8) is 0 Å². The van der Waals surface area contributed by atoms with E-state index in [0.29, 0.717) is 17.0 Å². The highest BCUT2D eigenvalue weighted by Crippen LogP contribution is 2.25. The summed E-state index contributed by atoms with van der Waals surface area (Å²) < 4.78 is 6.07. The summed E-state index contributed by atoms with van der Waals surface area (Å²) in [6.07, 6.45) is 1.54. The monoisotopic (exact) mass is 445 g/mol. The van der Waals surface area contributed by atoms with Crippen LogP contribution in [0.3, 0.4) is 0 Å². The lowest BCUT2D eigenvalue weighted by Crippen LogP contribution is -2.35. The number of hydrazine groups is 1. The van der Waals surface area contributed by atoms with Crippen molar-refractivity contribution in [2.24, 2.45) is 0 Å². The minimum absolute atomic E-state index is 0.0383. The lowest BCUT2D eigenvalue weighted by molar-refractivity contribution is -0.117. The minimum atomic E-state index is -0.450. The molecule has 6 nitrogen and oxygen atoms in total. The molecular weight excluding hydrogens is 433 g/mol. The van der Waals surface area contributed by atoms with Crippen LogP contribution in [0.1, 0.15) is 5.56 Å². The first-order chi connectivity index (χ1) is 12.1. The maximum atomic E-state index is 12.5. The molecule has 124 valence electrons. The second-order valence-corrected chi connectivity index (χ2v) is 6.27. The standard InChI is InChI=1S/C18H12IN3O3/c19-15-11-12(6-7-16(15)25-9-8-20)10-14-17(23)21-22(18(14)24)13-4-2-1-3-5-13/h1-7,10-11H,9H2,(H,21,23). The lowest BCUT2D eigenvalue weighted by Gasteiger charge is -2.13. The predicted octanol–water partition coefficient (Wildman–Crippen LogP) is 2.65. The molecule has 2 amide bonds. The molecule has 0 unspecified atom stereocenters. The van der Waals surface area contributed by atoms with E-state index in [4.69, 9.17) is 10.00 Å². The van der Waals surface area contributed by atoms with Gasteiger partial charge in [-0.1, -0.05) is 24.3 Å². The van der Waals surface area contributed by atoms with E-state index in [1.54, 1.807) is 42.5 Å². The van der Waals surface area contributed by atoms with E-state index < -0.39 is 11.8 Å². The zero-order chi connectivity index (χ0) is 17.8. The molecule has 1 fully saturated rings. The zero-order valence-electron chi connectivity index (χ0n) is 12.9. The summed E-state index contributed by atoms with van der Waals surface area (Å²) in [5, 5.41) is 9.79. The molecule has 0 bridgehead atoms. The van der Waals surface area contributed by atoms with Gasteiger partial charge in [0.15, 0.2) is 6.61 Å². The summed E-state index contributed by atoms with van der Waals surface area (Å²) in [7, 11) is 0. The van der Waals surface area contributed by atoms with Crippen LogP contribution in [0.15, 0.2) is 54.1 Å². The van der Waals surface area contributed by atoms with Gasteiger partial charge in [0.05, 0.1) is 9.26 Å². The van der Waals surface area contributed by atoms with Gasteiger partial charge in [0.2, 0.25) is 0 Å². The van der Waals surface area contributed by atoms with Crippen molar-refractivity contribution in [2.75, 3.05) is 11.6 Å². The highest BCUT2D eigenvalue weighted by Gasteiger charge is 2.34. The number of nitrogens with one attached hydrogen (secondary N) is 1. The number of hydrogen-bond donors (Lipinski definition) is 1. The van der Waals surface area contributed by atoms with Crippen LogP contribution in [0.25, 0.3) is 6.08 Å². The molecule has 25 heavy (non-hydrogen) atoms. The molecule has 3 rings (SSSR count). The van der Waals surface area contributed by atoms with Crippen LogP contribution in [0.5, 0.6) is 5.75 Å². The number of halogens is 1. The molecule has 7 heteroatoms. The number of nitriles is 1. The van der Waals surface area contributed by atoms with Crippen molar-refractivity contribution in [2.45, 2.75) is 0 Å². The summed E-state index contributed by atoms with van der Waals surface area (Å²) in [6, 6.07) is 16.0. The smallest absolute Gasteiger partial charge is 0.282 e. The number of rotatable bonds is 4. The Bertz CT molecular complexity index is 904. The first kappa shape index (κ1) is 17.0. The van der Waals surface area contributed by atoms with Gasteiger partial charge in [-0.2, -0.15) is 5.26 Å². The fourth-order valence-electron chi connectivity index (χ4n) is 2.32. The Morgan fingerprint density at radius 3 is 2.64 bits per heavy atom. The Kier molecular flexibility index (Phi) is 5.00. The summed E-state index contributed by atoms with van der Waals surface area (Å²) in [5.74, 6) is -0.276. The summed E-state index contributed by atoms with van der Waals surface area (Å²) in [4.78, 5) is 24.7. The third kappa shape index (κ3) is 3.64. The van der Waals surface area contributed by atoms with Crippen molar-refractivity contribution in [1.82, 2.24) is 5.43 Å². The highest BCUT2D eigenvalue weighted by atomic mass is 127. The van der Waals surface area contributed by atoms with Crippen molar-refractivity contribution in [1.29, 1.82) is 5.26 Å². The van der Waals surface area contributed by atoms with E-state index >= 15 is 0 Å². The number of benzene rings is 2. The number of carbonyl (C=O) groups is 2. The Morgan fingerprint density at radius 1 is 1.20 bits per heavy atom. The molecule has 1 heterocycles. The topological polar surface area (TPSA) is 82.4 Å². The molecule has 2 aromatic carbocycles. The molecule has 1 saturated heterocycles. The number of nitrogens with zero attached hydrogens (tertiary/aromatic N) is 2. The van der Waals surface area contributed by atoms with Gasteiger partial charge in [0.1, 0.15) is 17.4 Å². The van der Waals surface area contributed by atoms with Crippen LogP contribution in [-0.2, 0) is 9.59 Å². The Balaban J connectivity index is 1.86. The van der Waals surface area contributed by atoms with Crippen LogP contribution in [-0.4, -0.2) is 18.4 Å². The first-order valence-corrected chi connectivity index (χ1v) is 8.39. The Labute approximate surface area is 157 Å². The predicted molar refractivity (Wildman–Crippen MR) is 100 cm³/mol. The largest absolute Gasteiger partial charge is 0.478 e. The van der Waals surface area contributed by atoms with Crippen molar-refractivity contribution < 1.29 is 14.3 Å². The van der Waals surface area contributed by atoms with Gasteiger partial charge in [0.25, 0.3) is 11.8 Å². The van der Waals surface area contributed by atoms with E-state index in [2.05, 4.69) is 28.0 Å². The van der Waals surface area contributed by atoms with E-state index in [1.807, 2.05) is 12.1 Å². The molecule has 0 saturated carbocycles.